The number of carbonyl (C=O) groups is 1. The average Bonchev–Trinajstić information content (AvgIpc) is 3.35. The number of alkyl halides is 2. The summed E-state index contributed by atoms with van der Waals surface area (Å²) in [5, 5.41) is 12.4. The number of nitrogens with zero attached hydrogens (tertiary/aromatic N) is 6. The highest BCUT2D eigenvalue weighted by molar-refractivity contribution is 5.85. The van der Waals surface area contributed by atoms with E-state index in [-0.39, 0.29) is 55.9 Å². The van der Waals surface area contributed by atoms with Crippen molar-refractivity contribution in [2.24, 2.45) is 0 Å². The van der Waals surface area contributed by atoms with Crippen molar-refractivity contribution in [3.8, 4) is 6.07 Å². The van der Waals surface area contributed by atoms with E-state index in [1.807, 2.05) is 0 Å². The number of hydrogen-bond donors (Lipinski definition) is 1. The van der Waals surface area contributed by atoms with Gasteiger partial charge in [0.2, 0.25) is 5.91 Å². The zero-order valence-corrected chi connectivity index (χ0v) is 17.9. The van der Waals surface area contributed by atoms with Crippen LogP contribution in [0.25, 0.3) is 0 Å². The number of piperazine rings is 1. The Labute approximate surface area is 186 Å². The molecule has 0 spiro atoms. The van der Waals surface area contributed by atoms with Crippen LogP contribution >= 0.6 is 24.8 Å². The second-order valence-electron chi connectivity index (χ2n) is 7.49. The molecule has 4 atom stereocenters. The molecule has 166 valence electrons. The van der Waals surface area contributed by atoms with Gasteiger partial charge < -0.3 is 15.1 Å². The Morgan fingerprint density at radius 3 is 2.37 bits per heavy atom. The van der Waals surface area contributed by atoms with Gasteiger partial charge in [-0.1, -0.05) is 0 Å². The van der Waals surface area contributed by atoms with Crippen molar-refractivity contribution < 1.29 is 13.6 Å². The molecule has 0 unspecified atom stereocenters. The van der Waals surface area contributed by atoms with E-state index < -0.39 is 12.3 Å². The lowest BCUT2D eigenvalue weighted by Gasteiger charge is -2.38. The van der Waals surface area contributed by atoms with Crippen molar-refractivity contribution in [1.82, 2.24) is 25.1 Å². The largest absolute Gasteiger partial charge is 0.352 e. The molecule has 1 aromatic rings. The fourth-order valence-corrected chi connectivity index (χ4v) is 4.25. The van der Waals surface area contributed by atoms with Gasteiger partial charge in [0.05, 0.1) is 19.1 Å². The summed E-state index contributed by atoms with van der Waals surface area (Å²) >= 11 is 0. The van der Waals surface area contributed by atoms with Crippen LogP contribution in [0.5, 0.6) is 0 Å². The van der Waals surface area contributed by atoms with Crippen LogP contribution in [0.15, 0.2) is 12.4 Å². The van der Waals surface area contributed by atoms with Crippen molar-refractivity contribution in [2.45, 2.75) is 30.8 Å². The highest BCUT2D eigenvalue weighted by Crippen LogP contribution is 2.23. The molecule has 3 saturated heterocycles. The molecular weight excluding hydrogens is 439 g/mol. The Kier molecular flexibility index (Phi) is 8.55. The molecule has 1 N–H and O–H groups in total. The highest BCUT2D eigenvalue weighted by atomic mass is 35.5. The first-order chi connectivity index (χ1) is 13.6. The van der Waals surface area contributed by atoms with E-state index in [9.17, 15) is 18.8 Å². The minimum atomic E-state index is -1.58. The topological polar surface area (TPSA) is 88.4 Å². The smallest absolute Gasteiger partial charge is 0.239 e. The first-order valence-electron chi connectivity index (χ1n) is 9.57. The quantitative estimate of drug-likeness (QED) is 0.700. The zero-order chi connectivity index (χ0) is 19.7. The Hall–Kier alpha value is -1.80. The van der Waals surface area contributed by atoms with Crippen LogP contribution in [-0.2, 0) is 4.79 Å². The summed E-state index contributed by atoms with van der Waals surface area (Å²) in [6.45, 7) is 3.40. The molecule has 12 heteroatoms. The van der Waals surface area contributed by atoms with E-state index >= 15 is 0 Å². The van der Waals surface area contributed by atoms with Gasteiger partial charge in [-0.3, -0.25) is 9.69 Å². The first kappa shape index (κ1) is 24.5. The Bertz CT molecular complexity index is 765. The van der Waals surface area contributed by atoms with E-state index in [0.717, 1.165) is 26.2 Å². The third kappa shape index (κ3) is 4.91. The molecule has 0 aromatic carbocycles. The molecule has 0 aliphatic carbocycles. The van der Waals surface area contributed by atoms with Crippen LogP contribution in [0.3, 0.4) is 0 Å². The van der Waals surface area contributed by atoms with Crippen LogP contribution in [-0.4, -0.2) is 95.9 Å². The Balaban J connectivity index is 0.00000160. The van der Waals surface area contributed by atoms with Crippen molar-refractivity contribution in [1.29, 1.82) is 5.26 Å². The minimum Gasteiger partial charge on any atom is -0.352 e. The molecule has 0 bridgehead atoms. The van der Waals surface area contributed by atoms with Crippen molar-refractivity contribution >= 4 is 36.5 Å². The summed E-state index contributed by atoms with van der Waals surface area (Å²) in [6.07, 6.45) is 0.581. The molecule has 3 aliphatic rings. The predicted octanol–water partition coefficient (Wildman–Crippen LogP) is 0.563. The number of carbonyl (C=O) groups excluding carboxylic acids is 1. The first-order valence-corrected chi connectivity index (χ1v) is 9.57. The summed E-state index contributed by atoms with van der Waals surface area (Å²) in [7, 11) is 0. The van der Waals surface area contributed by atoms with Crippen LogP contribution < -0.4 is 10.2 Å². The van der Waals surface area contributed by atoms with E-state index in [0.29, 0.717) is 24.5 Å². The maximum Gasteiger partial charge on any atom is 0.239 e. The Morgan fingerprint density at radius 2 is 1.73 bits per heavy atom. The number of nitrogens with one attached hydrogen (secondary N) is 1. The van der Waals surface area contributed by atoms with Gasteiger partial charge in [-0.15, -0.1) is 24.8 Å². The van der Waals surface area contributed by atoms with Crippen molar-refractivity contribution in [2.75, 3.05) is 50.7 Å². The van der Waals surface area contributed by atoms with E-state index in [1.54, 1.807) is 6.20 Å². The monoisotopic (exact) mass is 463 g/mol. The molecular formula is C18H25Cl2F2N7O. The van der Waals surface area contributed by atoms with Crippen LogP contribution in [0.4, 0.5) is 14.6 Å². The van der Waals surface area contributed by atoms with Crippen molar-refractivity contribution in [3.63, 3.8) is 0 Å². The molecule has 3 fully saturated rings. The lowest BCUT2D eigenvalue weighted by atomic mass is 10.1. The number of aromatic nitrogens is 2. The summed E-state index contributed by atoms with van der Waals surface area (Å²) in [5.41, 5.74) is 0.326. The van der Waals surface area contributed by atoms with Gasteiger partial charge in [0, 0.05) is 51.2 Å². The van der Waals surface area contributed by atoms with Gasteiger partial charge >= 0.3 is 0 Å². The number of amides is 1. The van der Waals surface area contributed by atoms with Gasteiger partial charge in [-0.05, 0) is 6.42 Å². The van der Waals surface area contributed by atoms with Gasteiger partial charge in [-0.25, -0.2) is 18.7 Å². The number of anilines is 1. The van der Waals surface area contributed by atoms with Gasteiger partial charge in [0.25, 0.3) is 0 Å². The minimum absolute atomic E-state index is 0. The average molecular weight is 464 g/mol. The van der Waals surface area contributed by atoms with Crippen LogP contribution in [0, 0.1) is 11.3 Å². The summed E-state index contributed by atoms with van der Waals surface area (Å²) in [5.74, 6) is 0.403. The molecule has 0 radical (unpaired) electrons. The lowest BCUT2D eigenvalue weighted by Crippen LogP contribution is -2.51. The molecule has 4 heterocycles. The zero-order valence-electron chi connectivity index (χ0n) is 16.3. The molecule has 3 aliphatic heterocycles. The van der Waals surface area contributed by atoms with E-state index in [1.165, 1.54) is 11.1 Å². The fourth-order valence-electron chi connectivity index (χ4n) is 4.25. The normalized spacial score (nSPS) is 29.1. The van der Waals surface area contributed by atoms with Gasteiger partial charge in [0.15, 0.2) is 23.9 Å². The molecule has 4 rings (SSSR count). The standard InChI is InChI=1S/C18H23F2N7O.2ClH/c19-13-10-27(11-14(13)20)18(28)15-7-12(9-24-15)25-3-5-26(6-4-25)17-16(8-21)22-1-2-23-17;;/h1-2,12-15,24H,3-7,9-11H2;2*1H/t12-,13-,14+,15-;;/m0../s1. The number of rotatable bonds is 3. The highest BCUT2D eigenvalue weighted by Gasteiger charge is 2.41. The summed E-state index contributed by atoms with van der Waals surface area (Å²) < 4.78 is 26.8. The molecule has 1 amide bonds. The third-order valence-electron chi connectivity index (χ3n) is 5.81. The number of halogens is 4. The molecule has 1 aromatic heterocycles. The number of nitriles is 1. The van der Waals surface area contributed by atoms with E-state index in [2.05, 4.69) is 31.2 Å². The van der Waals surface area contributed by atoms with Gasteiger partial charge in [0.1, 0.15) is 6.07 Å². The maximum absolute atomic E-state index is 13.4. The van der Waals surface area contributed by atoms with Crippen molar-refractivity contribution in [3.05, 3.63) is 18.1 Å². The van der Waals surface area contributed by atoms with Crippen LogP contribution in [0.1, 0.15) is 12.1 Å². The number of hydrogen-bond acceptors (Lipinski definition) is 7. The SMILES string of the molecule is Cl.Cl.N#Cc1nccnc1N1CCN([C@@H]2CN[C@H](C(=O)N3C[C@@H](F)[C@@H](F)C3)C2)CC1. The number of likely N-dealkylation sites (tertiary alicyclic amines) is 1. The van der Waals surface area contributed by atoms with Gasteiger partial charge in [-0.2, -0.15) is 5.26 Å². The summed E-state index contributed by atoms with van der Waals surface area (Å²) in [6, 6.07) is 1.90. The fraction of sp³-hybridized carbons (Fsp3) is 0.667. The molecule has 8 nitrogen and oxygen atoms in total. The predicted molar refractivity (Wildman–Crippen MR) is 112 cm³/mol. The second-order valence-corrected chi connectivity index (χ2v) is 7.49. The maximum atomic E-state index is 13.4. The third-order valence-corrected chi connectivity index (χ3v) is 5.81. The lowest BCUT2D eigenvalue weighted by molar-refractivity contribution is -0.132. The second kappa shape index (κ2) is 10.5. The summed E-state index contributed by atoms with van der Waals surface area (Å²) in [4.78, 5) is 26.6. The molecule has 0 saturated carbocycles. The molecule has 30 heavy (non-hydrogen) atoms. The Morgan fingerprint density at radius 1 is 1.10 bits per heavy atom. The van der Waals surface area contributed by atoms with Crippen LogP contribution in [0.2, 0.25) is 0 Å². The van der Waals surface area contributed by atoms with E-state index in [4.69, 9.17) is 0 Å².